The summed E-state index contributed by atoms with van der Waals surface area (Å²) in [5.41, 5.74) is 0. The first-order valence-electron chi connectivity index (χ1n) is 34.7. The predicted octanol–water partition coefficient (Wildman–Crippen LogP) is 22.4. The van der Waals surface area contributed by atoms with Crippen LogP contribution in [0.5, 0.6) is 0 Å². The Kier molecular flexibility index (Phi) is 61.0. The van der Waals surface area contributed by atoms with E-state index in [1.807, 2.05) is 21.1 Å². The van der Waals surface area contributed by atoms with Crippen molar-refractivity contribution in [2.24, 2.45) is 0 Å². The van der Waals surface area contributed by atoms with Gasteiger partial charge in [0.15, 0.2) is 6.10 Å². The number of allylic oxidation sites excluding steroid dienone is 12. The lowest BCUT2D eigenvalue weighted by atomic mass is 10.0. The molecule has 0 aromatic carbocycles. The molecule has 478 valence electrons. The first-order valence-corrected chi connectivity index (χ1v) is 36.2. The Morgan fingerprint density at radius 2 is 0.695 bits per heavy atom. The molecule has 2 atom stereocenters. The minimum atomic E-state index is -4.39. The summed E-state index contributed by atoms with van der Waals surface area (Å²) >= 11 is 0. The van der Waals surface area contributed by atoms with Gasteiger partial charge in [0.25, 0.3) is 0 Å². The quantitative estimate of drug-likeness (QED) is 0.0211. The molecular formula is C72H133NO8P+. The number of esters is 2. The number of phosphoric ester groups is 1. The molecule has 0 heterocycles. The number of hydrogen-bond acceptors (Lipinski definition) is 7. The standard InChI is InChI=1S/C72H132NO8P/c1-6-8-10-12-14-16-18-20-22-24-26-28-30-31-32-33-34-35-36-37-38-39-40-41-43-45-47-49-51-53-55-57-59-61-63-65-72(75)81-70(69-80-82(76,77)79-67-66-73(3,4)5)68-78-71(74)64-62-60-58-56-54-52-50-48-46-44-42-29-27-25-23-21-19-17-15-13-11-9-7-2/h8,10,14,16,20,22,26,28,31-32,34-35,70H,6-7,9,11-13,15,17-19,21,23-25,27,29-30,33,36-69H2,1-5H3/p+1/b10-8-,16-14-,22-20-,28-26-,32-31-,35-34-. The van der Waals surface area contributed by atoms with E-state index in [0.29, 0.717) is 23.9 Å². The number of quaternary nitrogens is 1. The van der Waals surface area contributed by atoms with Gasteiger partial charge in [-0.3, -0.25) is 18.6 Å². The molecular weight excluding hydrogens is 1040 g/mol. The molecule has 0 radical (unpaired) electrons. The molecule has 9 nitrogen and oxygen atoms in total. The van der Waals surface area contributed by atoms with Crippen LogP contribution in [0.15, 0.2) is 72.9 Å². The van der Waals surface area contributed by atoms with Crippen molar-refractivity contribution in [2.45, 2.75) is 328 Å². The second kappa shape index (κ2) is 63.0. The average molecular weight is 1170 g/mol. The van der Waals surface area contributed by atoms with Crippen molar-refractivity contribution < 1.29 is 42.1 Å². The Hall–Kier alpha value is -2.55. The fraction of sp³-hybridized carbons (Fsp3) is 0.806. The summed E-state index contributed by atoms with van der Waals surface area (Å²) in [4.78, 5) is 35.9. The Labute approximate surface area is 508 Å². The minimum absolute atomic E-state index is 0.0325. The smallest absolute Gasteiger partial charge is 0.462 e. The van der Waals surface area contributed by atoms with Crippen LogP contribution in [0.3, 0.4) is 0 Å². The molecule has 0 bridgehead atoms. The van der Waals surface area contributed by atoms with Gasteiger partial charge in [-0.15, -0.1) is 0 Å². The van der Waals surface area contributed by atoms with Gasteiger partial charge in [-0.2, -0.15) is 0 Å². The van der Waals surface area contributed by atoms with Gasteiger partial charge < -0.3 is 18.9 Å². The van der Waals surface area contributed by atoms with Crippen molar-refractivity contribution in [3.8, 4) is 0 Å². The Morgan fingerprint density at radius 1 is 0.390 bits per heavy atom. The highest BCUT2D eigenvalue weighted by Gasteiger charge is 2.27. The monoisotopic (exact) mass is 1170 g/mol. The van der Waals surface area contributed by atoms with Crippen molar-refractivity contribution >= 4 is 19.8 Å². The van der Waals surface area contributed by atoms with Crippen molar-refractivity contribution in [3.63, 3.8) is 0 Å². The lowest BCUT2D eigenvalue weighted by Crippen LogP contribution is -2.37. The topological polar surface area (TPSA) is 108 Å². The number of phosphoric acid groups is 1. The molecule has 0 aliphatic rings. The molecule has 0 aliphatic heterocycles. The van der Waals surface area contributed by atoms with Gasteiger partial charge in [-0.25, -0.2) is 4.57 Å². The van der Waals surface area contributed by atoms with Crippen molar-refractivity contribution in [2.75, 3.05) is 47.5 Å². The number of nitrogens with zero attached hydrogens (tertiary/aromatic N) is 1. The van der Waals surface area contributed by atoms with E-state index in [4.69, 9.17) is 18.5 Å². The summed E-state index contributed by atoms with van der Waals surface area (Å²) < 4.78 is 34.7. The minimum Gasteiger partial charge on any atom is -0.462 e. The van der Waals surface area contributed by atoms with Gasteiger partial charge in [0.1, 0.15) is 19.8 Å². The number of carbonyl (C=O) groups excluding carboxylic acids is 2. The van der Waals surface area contributed by atoms with E-state index in [1.165, 1.54) is 218 Å². The van der Waals surface area contributed by atoms with Crippen LogP contribution in [-0.4, -0.2) is 74.9 Å². The molecule has 0 saturated carbocycles. The van der Waals surface area contributed by atoms with Crippen molar-refractivity contribution in [3.05, 3.63) is 72.9 Å². The van der Waals surface area contributed by atoms with Crippen LogP contribution in [0.1, 0.15) is 322 Å². The molecule has 0 aromatic heterocycles. The third-order valence-corrected chi connectivity index (χ3v) is 16.2. The number of ether oxygens (including phenoxy) is 2. The maximum atomic E-state index is 12.9. The second-order valence-electron chi connectivity index (χ2n) is 24.5. The Balaban J connectivity index is 4.02. The van der Waals surface area contributed by atoms with Gasteiger partial charge >= 0.3 is 19.8 Å². The van der Waals surface area contributed by atoms with Crippen LogP contribution in [0.2, 0.25) is 0 Å². The van der Waals surface area contributed by atoms with E-state index in [-0.39, 0.29) is 25.6 Å². The molecule has 2 unspecified atom stereocenters. The zero-order valence-corrected chi connectivity index (χ0v) is 55.4. The fourth-order valence-corrected chi connectivity index (χ4v) is 10.7. The Morgan fingerprint density at radius 3 is 1.04 bits per heavy atom. The molecule has 0 rings (SSSR count). The number of carbonyl (C=O) groups is 2. The number of likely N-dealkylation sites (N-methyl/N-ethyl adjacent to an activating group) is 1. The van der Waals surface area contributed by atoms with Crippen LogP contribution in [0, 0.1) is 0 Å². The lowest BCUT2D eigenvalue weighted by molar-refractivity contribution is -0.870. The van der Waals surface area contributed by atoms with Gasteiger partial charge in [0.2, 0.25) is 0 Å². The maximum Gasteiger partial charge on any atom is 0.472 e. The third-order valence-electron chi connectivity index (χ3n) is 15.3. The summed E-state index contributed by atoms with van der Waals surface area (Å²) in [6.07, 6.45) is 84.3. The highest BCUT2D eigenvalue weighted by Crippen LogP contribution is 2.43. The zero-order valence-electron chi connectivity index (χ0n) is 54.5. The predicted molar refractivity (Wildman–Crippen MR) is 353 cm³/mol. The summed E-state index contributed by atoms with van der Waals surface area (Å²) in [6.45, 7) is 4.37. The molecule has 0 aliphatic carbocycles. The highest BCUT2D eigenvalue weighted by atomic mass is 31.2. The first-order chi connectivity index (χ1) is 40.0. The molecule has 0 fully saturated rings. The zero-order chi connectivity index (χ0) is 59.8. The lowest BCUT2D eigenvalue weighted by Gasteiger charge is -2.24. The van der Waals surface area contributed by atoms with Crippen LogP contribution >= 0.6 is 7.82 Å². The molecule has 0 spiro atoms. The molecule has 0 aromatic rings. The second-order valence-corrected chi connectivity index (χ2v) is 26.0. The van der Waals surface area contributed by atoms with Gasteiger partial charge in [0, 0.05) is 12.8 Å². The fourth-order valence-electron chi connectivity index (χ4n) is 9.96. The van der Waals surface area contributed by atoms with Crippen molar-refractivity contribution in [1.82, 2.24) is 0 Å². The third kappa shape index (κ3) is 66.6. The average Bonchev–Trinajstić information content (AvgIpc) is 3.45. The molecule has 0 saturated heterocycles. The molecule has 82 heavy (non-hydrogen) atoms. The number of unbranched alkanes of at least 4 members (excludes halogenated alkanes) is 38. The number of hydrogen-bond donors (Lipinski definition) is 1. The van der Waals surface area contributed by atoms with Crippen LogP contribution in [-0.2, 0) is 32.7 Å². The molecule has 10 heteroatoms. The van der Waals surface area contributed by atoms with E-state index in [9.17, 15) is 19.0 Å². The Bertz CT molecular complexity index is 1610. The summed E-state index contributed by atoms with van der Waals surface area (Å²) in [7, 11) is 1.49. The van der Waals surface area contributed by atoms with E-state index in [0.717, 1.165) is 70.6 Å². The molecule has 0 amide bonds. The largest absolute Gasteiger partial charge is 0.472 e. The summed E-state index contributed by atoms with van der Waals surface area (Å²) in [6, 6.07) is 0. The first kappa shape index (κ1) is 79.5. The van der Waals surface area contributed by atoms with E-state index < -0.39 is 26.5 Å². The normalized spacial score (nSPS) is 13.6. The number of rotatable bonds is 64. The van der Waals surface area contributed by atoms with E-state index in [2.05, 4.69) is 86.8 Å². The van der Waals surface area contributed by atoms with Gasteiger partial charge in [-0.05, 0) is 64.2 Å². The molecule has 1 N–H and O–H groups in total. The van der Waals surface area contributed by atoms with Crippen LogP contribution in [0.25, 0.3) is 0 Å². The van der Waals surface area contributed by atoms with Gasteiger partial charge in [0.05, 0.1) is 27.7 Å². The summed E-state index contributed by atoms with van der Waals surface area (Å²) in [5, 5.41) is 0. The van der Waals surface area contributed by atoms with Gasteiger partial charge in [-0.1, -0.05) is 318 Å². The SMILES string of the molecule is CC/C=C\C/C=C\C/C=C\C/C=C\C/C=C\C/C=C\CCCCCCCCCCCCCCCCCCC(=O)OC(COC(=O)CCCCCCCCCCCCCCCCCCCCCCCCC)COP(=O)(O)OCC[N+](C)(C)C. The van der Waals surface area contributed by atoms with E-state index in [1.54, 1.807) is 0 Å². The van der Waals surface area contributed by atoms with Crippen LogP contribution < -0.4 is 0 Å². The maximum absolute atomic E-state index is 12.9. The van der Waals surface area contributed by atoms with E-state index >= 15 is 0 Å². The van der Waals surface area contributed by atoms with Crippen LogP contribution in [0.4, 0.5) is 0 Å². The van der Waals surface area contributed by atoms with Crippen molar-refractivity contribution in [1.29, 1.82) is 0 Å². The highest BCUT2D eigenvalue weighted by molar-refractivity contribution is 7.47. The summed E-state index contributed by atoms with van der Waals surface area (Å²) in [5.74, 6) is -0.781.